The number of methoxy groups -OCH3 is 1. The second-order valence-corrected chi connectivity index (χ2v) is 16.5. The lowest BCUT2D eigenvalue weighted by Crippen LogP contribution is -2.25. The number of carbonyl (C=O) groups is 1. The molecule has 6 rings (SSSR count). The SMILES string of the molecule is COC(=O)C(C)(C)CCCC(c1cccc(Br)c1)n1ccc(-c2cc(Oc3c(F)cc4c(ccn4S(=O)(=O)c4ccc(C)cc4)c3CCO)ccc2F)n1. The first-order valence-electron chi connectivity index (χ1n) is 17.4. The first kappa shape index (κ1) is 38.9. The Bertz CT molecular complexity index is 2430. The van der Waals surface area contributed by atoms with Gasteiger partial charge in [0, 0.05) is 46.1 Å². The number of rotatable bonds is 14. The highest BCUT2D eigenvalue weighted by Crippen LogP contribution is 2.38. The van der Waals surface area contributed by atoms with Crippen LogP contribution in [0.5, 0.6) is 11.5 Å². The molecular formula is C41H40BrF2N3O6S. The van der Waals surface area contributed by atoms with E-state index in [1.807, 2.05) is 45.0 Å². The van der Waals surface area contributed by atoms with Crippen LogP contribution in [0, 0.1) is 24.0 Å². The molecule has 0 radical (unpaired) electrons. The number of aliphatic hydroxyl groups is 1. The van der Waals surface area contributed by atoms with E-state index >= 15 is 8.78 Å². The molecule has 54 heavy (non-hydrogen) atoms. The molecule has 1 unspecified atom stereocenters. The lowest BCUT2D eigenvalue weighted by Gasteiger charge is -2.24. The van der Waals surface area contributed by atoms with Gasteiger partial charge in [-0.15, -0.1) is 0 Å². The second kappa shape index (κ2) is 15.9. The van der Waals surface area contributed by atoms with Crippen LogP contribution >= 0.6 is 15.9 Å². The summed E-state index contributed by atoms with van der Waals surface area (Å²) < 4.78 is 73.2. The number of aromatic nitrogens is 3. The lowest BCUT2D eigenvalue weighted by atomic mass is 9.86. The summed E-state index contributed by atoms with van der Waals surface area (Å²) in [4.78, 5) is 12.3. The standard InChI is InChI=1S/C41H40BrF2N3O6S/c1-26-10-13-30(14-11-26)54(50,51)47-21-16-31-32(18-22-48)39(35(44)25-38(31)47)53-29-12-15-34(43)33(24-29)36-17-20-46(45-36)37(27-7-5-8-28(42)23-27)9-6-19-41(2,3)40(49)52-4/h5,7-8,10-17,20-21,23-25,37,48H,6,9,18-19,22H2,1-4H3. The number of hydrogen-bond donors (Lipinski definition) is 1. The molecule has 1 atom stereocenters. The molecule has 6 aromatic rings. The molecular weight excluding hydrogens is 780 g/mol. The van der Waals surface area contributed by atoms with Gasteiger partial charge >= 0.3 is 5.97 Å². The minimum Gasteiger partial charge on any atom is -0.469 e. The zero-order valence-electron chi connectivity index (χ0n) is 30.2. The van der Waals surface area contributed by atoms with Gasteiger partial charge in [-0.2, -0.15) is 5.10 Å². The average Bonchev–Trinajstić information content (AvgIpc) is 3.80. The summed E-state index contributed by atoms with van der Waals surface area (Å²) in [6.07, 6.45) is 4.97. The predicted molar refractivity (Wildman–Crippen MR) is 206 cm³/mol. The number of esters is 1. The second-order valence-electron chi connectivity index (χ2n) is 13.8. The molecule has 0 amide bonds. The number of carbonyl (C=O) groups excluding carboxylic acids is 1. The number of hydrogen-bond acceptors (Lipinski definition) is 7. The summed E-state index contributed by atoms with van der Waals surface area (Å²) in [6.45, 7) is 5.18. The zero-order valence-corrected chi connectivity index (χ0v) is 32.6. The Balaban J connectivity index is 1.32. The third-order valence-corrected chi connectivity index (χ3v) is 11.7. The molecule has 0 bridgehead atoms. The van der Waals surface area contributed by atoms with Gasteiger partial charge in [0.2, 0.25) is 0 Å². The number of aliphatic hydroxyl groups excluding tert-OH is 1. The molecule has 2 aromatic heterocycles. The molecule has 4 aromatic carbocycles. The average molecular weight is 821 g/mol. The fourth-order valence-corrected chi connectivity index (χ4v) is 8.35. The van der Waals surface area contributed by atoms with Crippen molar-refractivity contribution in [3.05, 3.63) is 130 Å². The van der Waals surface area contributed by atoms with Crippen molar-refractivity contribution in [2.45, 2.75) is 57.4 Å². The number of nitrogens with zero attached hydrogens (tertiary/aromatic N) is 3. The highest BCUT2D eigenvalue weighted by Gasteiger charge is 2.29. The van der Waals surface area contributed by atoms with Crippen molar-refractivity contribution < 1.29 is 36.6 Å². The van der Waals surface area contributed by atoms with Gasteiger partial charge in [-0.05, 0) is 107 Å². The smallest absolute Gasteiger partial charge is 0.311 e. The summed E-state index contributed by atoms with van der Waals surface area (Å²) >= 11 is 3.55. The summed E-state index contributed by atoms with van der Waals surface area (Å²) in [7, 11) is -2.69. The molecule has 0 aliphatic carbocycles. The molecule has 1 N–H and O–H groups in total. The van der Waals surface area contributed by atoms with Gasteiger partial charge in [0.15, 0.2) is 11.6 Å². The van der Waals surface area contributed by atoms with Crippen LogP contribution in [0.15, 0.2) is 107 Å². The van der Waals surface area contributed by atoms with Gasteiger partial charge < -0.3 is 14.6 Å². The zero-order chi connectivity index (χ0) is 38.8. The van der Waals surface area contributed by atoms with Gasteiger partial charge in [-0.25, -0.2) is 21.2 Å². The number of ether oxygens (including phenoxy) is 2. The van der Waals surface area contributed by atoms with E-state index in [1.54, 1.807) is 35.1 Å². The minimum absolute atomic E-state index is 0.0373. The maximum atomic E-state index is 16.0. The minimum atomic E-state index is -4.07. The third-order valence-electron chi connectivity index (χ3n) is 9.52. The first-order valence-corrected chi connectivity index (χ1v) is 19.6. The molecule has 0 saturated heterocycles. The van der Waals surface area contributed by atoms with Crippen molar-refractivity contribution in [3.8, 4) is 22.8 Å². The van der Waals surface area contributed by atoms with Crippen LogP contribution in [0.4, 0.5) is 8.78 Å². The summed E-state index contributed by atoms with van der Waals surface area (Å²) in [6, 6.07) is 22.2. The van der Waals surface area contributed by atoms with E-state index in [2.05, 4.69) is 15.9 Å². The van der Waals surface area contributed by atoms with E-state index in [0.717, 1.165) is 25.6 Å². The van der Waals surface area contributed by atoms with Crippen LogP contribution in [0.1, 0.15) is 55.8 Å². The number of fused-ring (bicyclic) bond motifs is 1. The molecule has 2 heterocycles. The van der Waals surface area contributed by atoms with Crippen molar-refractivity contribution in [1.82, 2.24) is 13.8 Å². The Labute approximate surface area is 321 Å². The van der Waals surface area contributed by atoms with Crippen LogP contribution in [-0.4, -0.2) is 47.0 Å². The topological polar surface area (TPSA) is 113 Å². The van der Waals surface area contributed by atoms with Crippen LogP contribution in [0.25, 0.3) is 22.2 Å². The molecule has 0 spiro atoms. The Kier molecular flexibility index (Phi) is 11.4. The summed E-state index contributed by atoms with van der Waals surface area (Å²) in [5.41, 5.74) is 1.97. The molecule has 0 aliphatic rings. The van der Waals surface area contributed by atoms with E-state index in [4.69, 9.17) is 14.6 Å². The highest BCUT2D eigenvalue weighted by molar-refractivity contribution is 9.10. The van der Waals surface area contributed by atoms with Crippen molar-refractivity contribution in [2.24, 2.45) is 5.41 Å². The van der Waals surface area contributed by atoms with Crippen molar-refractivity contribution >= 4 is 42.8 Å². The monoisotopic (exact) mass is 819 g/mol. The molecule has 9 nitrogen and oxygen atoms in total. The fraction of sp³-hybridized carbons (Fsp3) is 0.268. The van der Waals surface area contributed by atoms with E-state index in [9.17, 15) is 18.3 Å². The third kappa shape index (κ3) is 7.98. The van der Waals surface area contributed by atoms with E-state index in [1.165, 1.54) is 43.6 Å². The predicted octanol–water partition coefficient (Wildman–Crippen LogP) is 9.38. The van der Waals surface area contributed by atoms with Crippen LogP contribution in [-0.2, 0) is 26.0 Å². The Morgan fingerprint density at radius 3 is 2.44 bits per heavy atom. The molecule has 282 valence electrons. The maximum absolute atomic E-state index is 16.0. The highest BCUT2D eigenvalue weighted by atomic mass is 79.9. The van der Waals surface area contributed by atoms with Crippen LogP contribution in [0.2, 0.25) is 0 Å². The maximum Gasteiger partial charge on any atom is 0.311 e. The molecule has 0 saturated carbocycles. The normalized spacial score (nSPS) is 12.6. The quantitative estimate of drug-likeness (QED) is 0.109. The van der Waals surface area contributed by atoms with E-state index < -0.39 is 27.1 Å². The molecule has 0 aliphatic heterocycles. The van der Waals surface area contributed by atoms with Gasteiger partial charge in [0.25, 0.3) is 10.0 Å². The number of halogens is 3. The molecule has 13 heteroatoms. The molecule has 0 fully saturated rings. The largest absolute Gasteiger partial charge is 0.469 e. The van der Waals surface area contributed by atoms with Crippen molar-refractivity contribution in [1.29, 1.82) is 0 Å². The fourth-order valence-electron chi connectivity index (χ4n) is 6.60. The Morgan fingerprint density at radius 2 is 1.74 bits per heavy atom. The summed E-state index contributed by atoms with van der Waals surface area (Å²) in [5, 5.41) is 15.1. The van der Waals surface area contributed by atoms with Crippen LogP contribution in [0.3, 0.4) is 0 Å². The number of benzene rings is 4. The van der Waals surface area contributed by atoms with Crippen molar-refractivity contribution in [2.75, 3.05) is 13.7 Å². The first-order chi connectivity index (χ1) is 25.7. The van der Waals surface area contributed by atoms with Gasteiger partial charge in [-0.1, -0.05) is 45.8 Å². The van der Waals surface area contributed by atoms with Gasteiger partial charge in [0.05, 0.1) is 34.7 Å². The Hall–Kier alpha value is -4.85. The van der Waals surface area contributed by atoms with E-state index in [0.29, 0.717) is 30.3 Å². The summed E-state index contributed by atoms with van der Waals surface area (Å²) in [5.74, 6) is -1.81. The van der Waals surface area contributed by atoms with Gasteiger partial charge in [-0.3, -0.25) is 9.48 Å². The lowest BCUT2D eigenvalue weighted by molar-refractivity contribution is -0.151. The Morgan fingerprint density at radius 1 is 0.981 bits per heavy atom. The van der Waals surface area contributed by atoms with E-state index in [-0.39, 0.29) is 58.1 Å². The van der Waals surface area contributed by atoms with Crippen LogP contribution < -0.4 is 4.74 Å². The van der Waals surface area contributed by atoms with Crippen molar-refractivity contribution in [3.63, 3.8) is 0 Å². The number of aryl methyl sites for hydroxylation is 1. The van der Waals surface area contributed by atoms with Gasteiger partial charge in [0.1, 0.15) is 11.6 Å².